The van der Waals surface area contributed by atoms with E-state index in [4.69, 9.17) is 0 Å². The van der Waals surface area contributed by atoms with Gasteiger partial charge in [-0.2, -0.15) is 0 Å². The van der Waals surface area contributed by atoms with E-state index in [1.165, 1.54) is 29.6 Å². The standard InChI is InChI=1S/C19H21N7O2S2/c1-11(27)21-18-25-23-16(29-18)9-12-5-6-13(8-12)17-24-26-19(30-17)22-15(28)10-14-4-2-3-7-20-14/h2-4,7,12-13H,5-6,8-10H2,1H3,(H,21,25,27)(H,22,26,28)/t12?,13-/m0/s1. The molecule has 11 heteroatoms. The van der Waals surface area contributed by atoms with Gasteiger partial charge in [-0.15, -0.1) is 20.4 Å². The van der Waals surface area contributed by atoms with E-state index in [0.29, 0.717) is 22.1 Å². The van der Waals surface area contributed by atoms with Crippen molar-refractivity contribution in [3.8, 4) is 0 Å². The molecule has 0 spiro atoms. The summed E-state index contributed by atoms with van der Waals surface area (Å²) in [6.45, 7) is 1.46. The molecule has 3 aromatic rings. The van der Waals surface area contributed by atoms with Crippen molar-refractivity contribution in [1.29, 1.82) is 0 Å². The monoisotopic (exact) mass is 443 g/mol. The second-order valence-electron chi connectivity index (χ2n) is 7.25. The first-order valence-corrected chi connectivity index (χ1v) is 11.3. The third-order valence-electron chi connectivity index (χ3n) is 4.86. The fourth-order valence-corrected chi connectivity index (χ4v) is 5.36. The van der Waals surface area contributed by atoms with Crippen LogP contribution in [0, 0.1) is 5.92 Å². The third-order valence-corrected chi connectivity index (χ3v) is 6.72. The van der Waals surface area contributed by atoms with Crippen molar-refractivity contribution in [2.75, 3.05) is 10.6 Å². The number of anilines is 2. The fraction of sp³-hybridized carbons (Fsp3) is 0.421. The van der Waals surface area contributed by atoms with Crippen molar-refractivity contribution in [2.45, 2.75) is 44.9 Å². The van der Waals surface area contributed by atoms with Gasteiger partial charge in [0.05, 0.1) is 6.42 Å². The minimum absolute atomic E-state index is 0.141. The molecule has 0 bridgehead atoms. The Morgan fingerprint density at radius 3 is 2.70 bits per heavy atom. The molecule has 1 saturated carbocycles. The van der Waals surface area contributed by atoms with Gasteiger partial charge in [-0.3, -0.25) is 14.6 Å². The van der Waals surface area contributed by atoms with Gasteiger partial charge in [0, 0.05) is 31.2 Å². The maximum Gasteiger partial charge on any atom is 0.232 e. The Bertz CT molecular complexity index is 1020. The Balaban J connectivity index is 1.28. The molecule has 0 saturated heterocycles. The Morgan fingerprint density at radius 2 is 1.90 bits per heavy atom. The van der Waals surface area contributed by atoms with Crippen LogP contribution in [0.3, 0.4) is 0 Å². The number of pyridine rings is 1. The van der Waals surface area contributed by atoms with Gasteiger partial charge >= 0.3 is 0 Å². The topological polar surface area (TPSA) is 123 Å². The van der Waals surface area contributed by atoms with E-state index in [0.717, 1.165) is 41.4 Å². The quantitative estimate of drug-likeness (QED) is 0.575. The lowest BCUT2D eigenvalue weighted by atomic mass is 10.0. The summed E-state index contributed by atoms with van der Waals surface area (Å²) >= 11 is 2.87. The summed E-state index contributed by atoms with van der Waals surface area (Å²) in [4.78, 5) is 27.5. The molecule has 3 aromatic heterocycles. The summed E-state index contributed by atoms with van der Waals surface area (Å²) in [6.07, 6.45) is 5.86. The van der Waals surface area contributed by atoms with Crippen LogP contribution in [0.15, 0.2) is 24.4 Å². The molecule has 1 unspecified atom stereocenters. The Labute approximate surface area is 181 Å². The van der Waals surface area contributed by atoms with Crippen LogP contribution >= 0.6 is 22.7 Å². The number of hydrogen-bond acceptors (Lipinski definition) is 9. The molecule has 0 aliphatic heterocycles. The van der Waals surface area contributed by atoms with Crippen molar-refractivity contribution in [3.63, 3.8) is 0 Å². The largest absolute Gasteiger partial charge is 0.301 e. The van der Waals surface area contributed by atoms with E-state index in [1.54, 1.807) is 6.20 Å². The molecule has 156 valence electrons. The summed E-state index contributed by atoms with van der Waals surface area (Å²) in [5.74, 6) is 0.556. The Hall–Kier alpha value is -2.79. The van der Waals surface area contributed by atoms with Crippen molar-refractivity contribution in [3.05, 3.63) is 40.1 Å². The molecule has 9 nitrogen and oxygen atoms in total. The van der Waals surface area contributed by atoms with E-state index >= 15 is 0 Å². The first-order chi connectivity index (χ1) is 14.5. The number of hydrogen-bond donors (Lipinski definition) is 2. The van der Waals surface area contributed by atoms with Gasteiger partial charge in [-0.05, 0) is 37.3 Å². The molecule has 2 atom stereocenters. The number of nitrogens with zero attached hydrogens (tertiary/aromatic N) is 5. The van der Waals surface area contributed by atoms with E-state index in [-0.39, 0.29) is 18.2 Å². The van der Waals surface area contributed by atoms with Gasteiger partial charge in [0.25, 0.3) is 0 Å². The minimum atomic E-state index is -0.146. The smallest absolute Gasteiger partial charge is 0.232 e. The molecular formula is C19H21N7O2S2. The van der Waals surface area contributed by atoms with Crippen LogP contribution in [0.25, 0.3) is 0 Å². The SMILES string of the molecule is CC(=O)Nc1nnc(CC2CC[C@H](c3nnc(NC(=O)Cc4ccccn4)s3)C2)s1. The predicted molar refractivity (Wildman–Crippen MR) is 114 cm³/mol. The van der Waals surface area contributed by atoms with Crippen LogP contribution in [-0.4, -0.2) is 37.2 Å². The minimum Gasteiger partial charge on any atom is -0.301 e. The molecule has 2 N–H and O–H groups in total. The van der Waals surface area contributed by atoms with Gasteiger partial charge in [0.1, 0.15) is 10.0 Å². The molecule has 0 aromatic carbocycles. The Morgan fingerprint density at radius 1 is 1.07 bits per heavy atom. The molecule has 3 heterocycles. The summed E-state index contributed by atoms with van der Waals surface area (Å²) in [5, 5.41) is 25.1. The molecule has 4 rings (SSSR count). The van der Waals surface area contributed by atoms with Crippen molar-refractivity contribution < 1.29 is 9.59 Å². The maximum atomic E-state index is 12.2. The second kappa shape index (κ2) is 9.35. The van der Waals surface area contributed by atoms with Crippen molar-refractivity contribution in [1.82, 2.24) is 25.4 Å². The van der Waals surface area contributed by atoms with E-state index in [9.17, 15) is 9.59 Å². The average Bonchev–Trinajstić information content (AvgIpc) is 3.44. The highest BCUT2D eigenvalue weighted by Crippen LogP contribution is 2.41. The number of nitrogens with one attached hydrogen (secondary N) is 2. The zero-order chi connectivity index (χ0) is 20.9. The third kappa shape index (κ3) is 5.42. The van der Waals surface area contributed by atoms with Crippen LogP contribution < -0.4 is 10.6 Å². The summed E-state index contributed by atoms with van der Waals surface area (Å²) in [6, 6.07) is 5.50. The number of amides is 2. The van der Waals surface area contributed by atoms with Gasteiger partial charge in [0.2, 0.25) is 22.1 Å². The average molecular weight is 444 g/mol. The molecule has 30 heavy (non-hydrogen) atoms. The van der Waals surface area contributed by atoms with E-state index < -0.39 is 0 Å². The predicted octanol–water partition coefficient (Wildman–Crippen LogP) is 3.05. The summed E-state index contributed by atoms with van der Waals surface area (Å²) < 4.78 is 0. The van der Waals surface area contributed by atoms with Crippen molar-refractivity contribution >= 4 is 44.8 Å². The maximum absolute atomic E-state index is 12.2. The van der Waals surface area contributed by atoms with E-state index in [2.05, 4.69) is 36.0 Å². The fourth-order valence-electron chi connectivity index (χ4n) is 3.55. The molecule has 1 aliphatic rings. The number of carbonyl (C=O) groups excluding carboxylic acids is 2. The lowest BCUT2D eigenvalue weighted by molar-refractivity contribution is -0.116. The molecule has 0 radical (unpaired) electrons. The van der Waals surface area contributed by atoms with Crippen LogP contribution in [-0.2, 0) is 22.4 Å². The Kier molecular flexibility index (Phi) is 6.38. The van der Waals surface area contributed by atoms with Crippen LogP contribution in [0.1, 0.15) is 47.8 Å². The van der Waals surface area contributed by atoms with Gasteiger partial charge < -0.3 is 10.6 Å². The summed E-state index contributed by atoms with van der Waals surface area (Å²) in [7, 11) is 0. The second-order valence-corrected chi connectivity index (χ2v) is 9.32. The number of aromatic nitrogens is 5. The summed E-state index contributed by atoms with van der Waals surface area (Å²) in [5.41, 5.74) is 0.719. The zero-order valence-corrected chi connectivity index (χ0v) is 18.0. The first-order valence-electron chi connectivity index (χ1n) is 9.68. The molecule has 1 aliphatic carbocycles. The zero-order valence-electron chi connectivity index (χ0n) is 16.4. The lowest BCUT2D eigenvalue weighted by Gasteiger charge is -2.06. The first kappa shape index (κ1) is 20.5. The highest BCUT2D eigenvalue weighted by Gasteiger charge is 2.29. The number of carbonyl (C=O) groups is 2. The highest BCUT2D eigenvalue weighted by molar-refractivity contribution is 7.15. The van der Waals surface area contributed by atoms with Gasteiger partial charge in [0.15, 0.2) is 0 Å². The molecule has 2 amide bonds. The molecule has 1 fully saturated rings. The number of rotatable bonds is 7. The van der Waals surface area contributed by atoms with Crippen LogP contribution in [0.4, 0.5) is 10.3 Å². The van der Waals surface area contributed by atoms with Crippen LogP contribution in [0.5, 0.6) is 0 Å². The van der Waals surface area contributed by atoms with Gasteiger partial charge in [-0.25, -0.2) is 0 Å². The highest BCUT2D eigenvalue weighted by atomic mass is 32.1. The van der Waals surface area contributed by atoms with Gasteiger partial charge in [-0.1, -0.05) is 28.7 Å². The molecular weight excluding hydrogens is 422 g/mol. The van der Waals surface area contributed by atoms with E-state index in [1.807, 2.05) is 18.2 Å². The lowest BCUT2D eigenvalue weighted by Crippen LogP contribution is -2.14. The van der Waals surface area contributed by atoms with Crippen molar-refractivity contribution in [2.24, 2.45) is 5.92 Å². The van der Waals surface area contributed by atoms with Crippen LogP contribution in [0.2, 0.25) is 0 Å². The normalized spacial score (nSPS) is 18.3.